The summed E-state index contributed by atoms with van der Waals surface area (Å²) < 4.78 is 5.19. The van der Waals surface area contributed by atoms with Gasteiger partial charge in [0.25, 0.3) is 0 Å². The molecule has 4 N–H and O–H groups in total. The molecule has 0 aliphatic carbocycles. The maximum absolute atomic E-state index is 11.7. The fourth-order valence-corrected chi connectivity index (χ4v) is 1.69. The maximum atomic E-state index is 11.7. The Morgan fingerprint density at radius 1 is 1.30 bits per heavy atom. The van der Waals surface area contributed by atoms with Crippen molar-refractivity contribution in [2.45, 2.75) is 45.6 Å². The first kappa shape index (κ1) is 16.3. The zero-order valence-corrected chi connectivity index (χ0v) is 12.8. The number of carbonyl (C=O) groups is 1. The predicted octanol–water partition coefficient (Wildman–Crippen LogP) is 2.98. The van der Waals surface area contributed by atoms with E-state index in [0.29, 0.717) is 17.8 Å². The lowest BCUT2D eigenvalue weighted by atomic mass is 9.84. The zero-order chi connectivity index (χ0) is 15.6. The first-order valence-corrected chi connectivity index (χ1v) is 6.59. The molecule has 0 aliphatic heterocycles. The zero-order valence-electron chi connectivity index (χ0n) is 12.8. The molecule has 0 atom stereocenters. The van der Waals surface area contributed by atoms with Gasteiger partial charge in [-0.3, -0.25) is 5.32 Å². The van der Waals surface area contributed by atoms with Gasteiger partial charge in [-0.05, 0) is 39.0 Å². The van der Waals surface area contributed by atoms with Gasteiger partial charge in [0.1, 0.15) is 11.4 Å². The van der Waals surface area contributed by atoms with Crippen LogP contribution in [0.5, 0.6) is 5.75 Å². The molecule has 112 valence electrons. The van der Waals surface area contributed by atoms with Crippen molar-refractivity contribution in [1.29, 1.82) is 0 Å². The van der Waals surface area contributed by atoms with Gasteiger partial charge in [0.15, 0.2) is 0 Å². The van der Waals surface area contributed by atoms with Gasteiger partial charge in [0.05, 0.1) is 0 Å². The van der Waals surface area contributed by atoms with E-state index in [1.165, 1.54) is 0 Å². The number of nitrogens with two attached hydrogens (primary N) is 1. The second-order valence-electron chi connectivity index (χ2n) is 6.45. The van der Waals surface area contributed by atoms with E-state index in [9.17, 15) is 9.90 Å². The van der Waals surface area contributed by atoms with Gasteiger partial charge in [0.2, 0.25) is 0 Å². The lowest BCUT2D eigenvalue weighted by molar-refractivity contribution is 0.0636. The number of anilines is 1. The largest absolute Gasteiger partial charge is 0.508 e. The van der Waals surface area contributed by atoms with Crippen LogP contribution in [-0.2, 0) is 10.2 Å². The van der Waals surface area contributed by atoms with E-state index in [1.54, 1.807) is 39.0 Å². The molecular weight excluding hydrogens is 256 g/mol. The summed E-state index contributed by atoms with van der Waals surface area (Å²) in [5.41, 5.74) is 6.04. The Morgan fingerprint density at radius 2 is 1.90 bits per heavy atom. The van der Waals surface area contributed by atoms with Crippen LogP contribution in [0.1, 0.15) is 40.2 Å². The van der Waals surface area contributed by atoms with Gasteiger partial charge in [-0.25, -0.2) is 4.79 Å². The predicted molar refractivity (Wildman–Crippen MR) is 80.0 cm³/mol. The number of rotatable bonds is 3. The number of carbonyl (C=O) groups excluding carboxylic acids is 1. The van der Waals surface area contributed by atoms with Crippen LogP contribution in [0.25, 0.3) is 0 Å². The lowest BCUT2D eigenvalue weighted by Gasteiger charge is -2.25. The molecule has 0 fully saturated rings. The standard InChI is InChI=1S/C15H24N2O3/c1-14(2,3)20-13(19)17-10-6-7-12(18)11(8-10)15(4,5)9-16/h6-8,18H,9,16H2,1-5H3,(H,17,19). The minimum atomic E-state index is -0.555. The first-order valence-electron chi connectivity index (χ1n) is 6.59. The molecule has 5 nitrogen and oxygen atoms in total. The lowest BCUT2D eigenvalue weighted by Crippen LogP contribution is -2.29. The molecule has 0 aliphatic rings. The van der Waals surface area contributed by atoms with Crippen molar-refractivity contribution in [3.8, 4) is 5.75 Å². The molecule has 0 saturated carbocycles. The molecule has 1 rings (SSSR count). The molecule has 1 aromatic carbocycles. The third-order valence-electron chi connectivity index (χ3n) is 2.88. The molecule has 1 amide bonds. The van der Waals surface area contributed by atoms with Crippen molar-refractivity contribution in [3.05, 3.63) is 23.8 Å². The van der Waals surface area contributed by atoms with Crippen LogP contribution in [-0.4, -0.2) is 23.3 Å². The number of phenolic OH excluding ortho intramolecular Hbond substituents is 1. The van der Waals surface area contributed by atoms with E-state index in [4.69, 9.17) is 10.5 Å². The van der Waals surface area contributed by atoms with Gasteiger partial charge in [-0.1, -0.05) is 13.8 Å². The minimum Gasteiger partial charge on any atom is -0.508 e. The van der Waals surface area contributed by atoms with Gasteiger partial charge >= 0.3 is 6.09 Å². The highest BCUT2D eigenvalue weighted by Gasteiger charge is 2.23. The molecule has 0 unspecified atom stereocenters. The van der Waals surface area contributed by atoms with Crippen LogP contribution in [0.15, 0.2) is 18.2 Å². The van der Waals surface area contributed by atoms with E-state index < -0.39 is 11.7 Å². The van der Waals surface area contributed by atoms with Gasteiger partial charge in [0, 0.05) is 23.2 Å². The van der Waals surface area contributed by atoms with Crippen molar-refractivity contribution < 1.29 is 14.6 Å². The third-order valence-corrected chi connectivity index (χ3v) is 2.88. The fourth-order valence-electron chi connectivity index (χ4n) is 1.69. The average Bonchev–Trinajstić information content (AvgIpc) is 2.29. The fraction of sp³-hybridized carbons (Fsp3) is 0.533. The average molecular weight is 280 g/mol. The van der Waals surface area contributed by atoms with Crippen molar-refractivity contribution in [2.75, 3.05) is 11.9 Å². The molecule has 0 saturated heterocycles. The van der Waals surface area contributed by atoms with Crippen LogP contribution in [0.2, 0.25) is 0 Å². The van der Waals surface area contributed by atoms with Crippen LogP contribution < -0.4 is 11.1 Å². The molecule has 20 heavy (non-hydrogen) atoms. The van der Waals surface area contributed by atoms with Crippen LogP contribution >= 0.6 is 0 Å². The smallest absolute Gasteiger partial charge is 0.412 e. The van der Waals surface area contributed by atoms with Gasteiger partial charge in [-0.2, -0.15) is 0 Å². The Labute approximate surface area is 120 Å². The quantitative estimate of drug-likeness (QED) is 0.743. The molecule has 1 aromatic rings. The summed E-state index contributed by atoms with van der Waals surface area (Å²) in [6.45, 7) is 9.64. The third kappa shape index (κ3) is 4.42. The van der Waals surface area contributed by atoms with E-state index in [2.05, 4.69) is 5.32 Å². The summed E-state index contributed by atoms with van der Waals surface area (Å²) in [5, 5.41) is 12.6. The van der Waals surface area contributed by atoms with Gasteiger partial charge < -0.3 is 15.6 Å². The second-order valence-corrected chi connectivity index (χ2v) is 6.45. The van der Waals surface area contributed by atoms with E-state index in [1.807, 2.05) is 13.8 Å². The molecule has 0 aromatic heterocycles. The molecule has 0 spiro atoms. The Kier molecular flexibility index (Phi) is 4.65. The summed E-state index contributed by atoms with van der Waals surface area (Å²) >= 11 is 0. The Bertz CT molecular complexity index is 490. The number of hydrogen-bond acceptors (Lipinski definition) is 4. The van der Waals surface area contributed by atoms with E-state index >= 15 is 0 Å². The Hall–Kier alpha value is -1.75. The summed E-state index contributed by atoms with van der Waals surface area (Å²) in [5.74, 6) is 0.162. The Balaban J connectivity index is 2.94. The highest BCUT2D eigenvalue weighted by molar-refractivity contribution is 5.85. The molecule has 0 radical (unpaired) electrons. The maximum Gasteiger partial charge on any atom is 0.412 e. The second kappa shape index (κ2) is 5.71. The monoisotopic (exact) mass is 280 g/mol. The summed E-state index contributed by atoms with van der Waals surface area (Å²) in [7, 11) is 0. The highest BCUT2D eigenvalue weighted by atomic mass is 16.6. The summed E-state index contributed by atoms with van der Waals surface area (Å²) in [6, 6.07) is 4.88. The SMILES string of the molecule is CC(C)(C)OC(=O)Nc1ccc(O)c(C(C)(C)CN)c1. The number of amides is 1. The number of nitrogens with one attached hydrogen (secondary N) is 1. The summed E-state index contributed by atoms with van der Waals surface area (Å²) in [6.07, 6.45) is -0.528. The normalized spacial score (nSPS) is 12.1. The van der Waals surface area contributed by atoms with Crippen molar-refractivity contribution in [3.63, 3.8) is 0 Å². The number of aromatic hydroxyl groups is 1. The number of benzene rings is 1. The molecule has 0 bridgehead atoms. The first-order chi connectivity index (χ1) is 9.05. The number of ether oxygens (including phenoxy) is 1. The Morgan fingerprint density at radius 3 is 2.40 bits per heavy atom. The topological polar surface area (TPSA) is 84.6 Å². The van der Waals surface area contributed by atoms with Crippen molar-refractivity contribution in [2.24, 2.45) is 5.73 Å². The number of phenols is 1. The van der Waals surface area contributed by atoms with Crippen molar-refractivity contribution in [1.82, 2.24) is 0 Å². The van der Waals surface area contributed by atoms with Crippen molar-refractivity contribution >= 4 is 11.8 Å². The van der Waals surface area contributed by atoms with E-state index in [-0.39, 0.29) is 11.2 Å². The van der Waals surface area contributed by atoms with E-state index in [0.717, 1.165) is 0 Å². The molecule has 0 heterocycles. The molecule has 5 heteroatoms. The van der Waals surface area contributed by atoms with Crippen LogP contribution in [0.4, 0.5) is 10.5 Å². The molecular formula is C15H24N2O3. The van der Waals surface area contributed by atoms with Crippen LogP contribution in [0, 0.1) is 0 Å². The summed E-state index contributed by atoms with van der Waals surface area (Å²) in [4.78, 5) is 11.7. The number of hydrogen-bond donors (Lipinski definition) is 3. The highest BCUT2D eigenvalue weighted by Crippen LogP contribution is 2.32. The van der Waals surface area contributed by atoms with Gasteiger partial charge in [-0.15, -0.1) is 0 Å². The minimum absolute atomic E-state index is 0.162. The van der Waals surface area contributed by atoms with Crippen LogP contribution in [0.3, 0.4) is 0 Å².